The van der Waals surface area contributed by atoms with Crippen LogP contribution in [0.1, 0.15) is 41.4 Å². The largest absolute Gasteiger partial charge is 0.457 e. The molecule has 0 atom stereocenters. The second-order valence-electron chi connectivity index (χ2n) is 6.40. The highest BCUT2D eigenvalue weighted by atomic mass is 19.1. The number of nitrogens with one attached hydrogen (secondary N) is 1. The van der Waals surface area contributed by atoms with Crippen molar-refractivity contribution in [3.8, 4) is 11.3 Å². The first-order valence-corrected chi connectivity index (χ1v) is 8.57. The van der Waals surface area contributed by atoms with E-state index in [1.165, 1.54) is 24.3 Å². The molecule has 0 saturated carbocycles. The number of hydrogen-bond acceptors (Lipinski definition) is 4. The summed E-state index contributed by atoms with van der Waals surface area (Å²) in [5.74, 6) is -1.15. The number of aromatic amines is 1. The summed E-state index contributed by atoms with van der Waals surface area (Å²) in [4.78, 5) is 31.5. The molecule has 138 valence electrons. The van der Waals surface area contributed by atoms with Crippen molar-refractivity contribution in [3.05, 3.63) is 87.7 Å². The predicted molar refractivity (Wildman–Crippen MR) is 99.9 cm³/mol. The summed E-state index contributed by atoms with van der Waals surface area (Å²) in [6.45, 7) is 3.81. The van der Waals surface area contributed by atoms with Crippen molar-refractivity contribution >= 4 is 5.97 Å². The quantitative estimate of drug-likeness (QED) is 0.691. The van der Waals surface area contributed by atoms with Gasteiger partial charge in [0.05, 0.1) is 5.69 Å². The van der Waals surface area contributed by atoms with Crippen molar-refractivity contribution in [1.82, 2.24) is 9.97 Å². The van der Waals surface area contributed by atoms with E-state index in [2.05, 4.69) is 9.97 Å². The number of hydrogen-bond donors (Lipinski definition) is 1. The third kappa shape index (κ3) is 4.28. The number of carbonyl (C=O) groups is 1. The Morgan fingerprint density at radius 2 is 1.78 bits per heavy atom. The molecule has 0 spiro atoms. The Hall–Kier alpha value is -3.28. The maximum Gasteiger partial charge on any atom is 0.345 e. The lowest BCUT2D eigenvalue weighted by Crippen LogP contribution is -2.22. The van der Waals surface area contributed by atoms with Crippen LogP contribution in [0.15, 0.2) is 59.4 Å². The van der Waals surface area contributed by atoms with Crippen LogP contribution in [0.2, 0.25) is 0 Å². The van der Waals surface area contributed by atoms with Gasteiger partial charge in [-0.3, -0.25) is 0 Å². The van der Waals surface area contributed by atoms with Gasteiger partial charge in [-0.05, 0) is 35.7 Å². The molecule has 27 heavy (non-hydrogen) atoms. The van der Waals surface area contributed by atoms with Crippen molar-refractivity contribution in [2.75, 3.05) is 0 Å². The number of esters is 1. The Morgan fingerprint density at radius 1 is 1.11 bits per heavy atom. The zero-order valence-corrected chi connectivity index (χ0v) is 15.0. The molecular weight excluding hydrogens is 347 g/mol. The Labute approximate surface area is 155 Å². The molecule has 0 aliphatic heterocycles. The minimum atomic E-state index is -0.592. The summed E-state index contributed by atoms with van der Waals surface area (Å²) in [7, 11) is 0. The van der Waals surface area contributed by atoms with Gasteiger partial charge in [-0.1, -0.05) is 44.2 Å². The van der Waals surface area contributed by atoms with Crippen LogP contribution in [0, 0.1) is 5.82 Å². The first kappa shape index (κ1) is 18.5. The summed E-state index contributed by atoms with van der Waals surface area (Å²) in [6, 6.07) is 14.8. The van der Waals surface area contributed by atoms with Gasteiger partial charge < -0.3 is 9.72 Å². The lowest BCUT2D eigenvalue weighted by Gasteiger charge is -2.15. The van der Waals surface area contributed by atoms with Gasteiger partial charge in [0.25, 0.3) is 0 Å². The Morgan fingerprint density at radius 3 is 2.41 bits per heavy atom. The minimum absolute atomic E-state index is 0.0964. The predicted octanol–water partition coefficient (Wildman–Crippen LogP) is 4.06. The monoisotopic (exact) mass is 366 g/mol. The maximum absolute atomic E-state index is 13.3. The van der Waals surface area contributed by atoms with Crippen molar-refractivity contribution < 1.29 is 13.9 Å². The van der Waals surface area contributed by atoms with E-state index in [1.807, 2.05) is 44.2 Å². The lowest BCUT2D eigenvalue weighted by molar-refractivity contribution is 0.0470. The lowest BCUT2D eigenvalue weighted by atomic mass is 9.98. The van der Waals surface area contributed by atoms with Crippen LogP contribution in [0.25, 0.3) is 11.3 Å². The average molecular weight is 366 g/mol. The van der Waals surface area contributed by atoms with Crippen LogP contribution in [0.5, 0.6) is 0 Å². The molecule has 0 aliphatic carbocycles. The van der Waals surface area contributed by atoms with Gasteiger partial charge in [0, 0.05) is 11.3 Å². The van der Waals surface area contributed by atoms with Gasteiger partial charge in [0.2, 0.25) is 0 Å². The molecule has 1 heterocycles. The summed E-state index contributed by atoms with van der Waals surface area (Å²) in [5, 5.41) is 0. The highest BCUT2D eigenvalue weighted by molar-refractivity contribution is 5.97. The second kappa shape index (κ2) is 7.95. The summed E-state index contributed by atoms with van der Waals surface area (Å²) >= 11 is 0. The minimum Gasteiger partial charge on any atom is -0.457 e. The van der Waals surface area contributed by atoms with E-state index in [0.29, 0.717) is 11.3 Å². The van der Waals surface area contributed by atoms with E-state index in [-0.39, 0.29) is 23.8 Å². The van der Waals surface area contributed by atoms with Crippen molar-refractivity contribution in [1.29, 1.82) is 0 Å². The fraction of sp³-hybridized carbons (Fsp3) is 0.190. The van der Waals surface area contributed by atoms with Crippen molar-refractivity contribution in [2.45, 2.75) is 26.4 Å². The van der Waals surface area contributed by atoms with Gasteiger partial charge in [0.15, 0.2) is 0 Å². The van der Waals surface area contributed by atoms with Gasteiger partial charge in [-0.15, -0.1) is 0 Å². The third-order valence-electron chi connectivity index (χ3n) is 4.07. The zero-order chi connectivity index (χ0) is 19.4. The Bertz CT molecular complexity index is 996. The van der Waals surface area contributed by atoms with Gasteiger partial charge in [-0.25, -0.2) is 14.0 Å². The molecule has 0 saturated heterocycles. The highest BCUT2D eigenvalue weighted by Crippen LogP contribution is 2.27. The van der Waals surface area contributed by atoms with E-state index in [4.69, 9.17) is 4.74 Å². The molecule has 0 radical (unpaired) electrons. The standard InChI is InChI=1S/C21H19FN2O3/c1-13(2)18-17(20(25)27-12-14-6-4-3-5-7-14)19(24-21(26)23-18)15-8-10-16(22)11-9-15/h3-11,13H,12H2,1-2H3,(H,23,24,26). The van der Waals surface area contributed by atoms with Crippen molar-refractivity contribution in [2.24, 2.45) is 0 Å². The Kier molecular flexibility index (Phi) is 5.45. The smallest absolute Gasteiger partial charge is 0.345 e. The second-order valence-corrected chi connectivity index (χ2v) is 6.40. The SMILES string of the molecule is CC(C)c1[nH]c(=O)nc(-c2ccc(F)cc2)c1C(=O)OCc1ccccc1. The molecule has 5 nitrogen and oxygen atoms in total. The Balaban J connectivity index is 2.04. The summed E-state index contributed by atoms with van der Waals surface area (Å²) in [5.41, 5.74) is 1.55. The summed E-state index contributed by atoms with van der Waals surface area (Å²) < 4.78 is 18.7. The molecule has 1 aromatic heterocycles. The molecule has 0 fully saturated rings. The van der Waals surface area contributed by atoms with Crippen LogP contribution >= 0.6 is 0 Å². The fourth-order valence-electron chi connectivity index (χ4n) is 2.74. The number of carbonyl (C=O) groups excluding carboxylic acids is 1. The van der Waals surface area contributed by atoms with Gasteiger partial charge in [0.1, 0.15) is 18.0 Å². The number of rotatable bonds is 5. The number of nitrogens with zero attached hydrogens (tertiary/aromatic N) is 1. The van der Waals surface area contributed by atoms with Crippen LogP contribution < -0.4 is 5.69 Å². The molecule has 1 N–H and O–H groups in total. The number of benzene rings is 2. The number of ether oxygens (including phenoxy) is 1. The van der Waals surface area contributed by atoms with Crippen LogP contribution in [0.4, 0.5) is 4.39 Å². The zero-order valence-electron chi connectivity index (χ0n) is 15.0. The molecule has 3 aromatic rings. The molecule has 2 aromatic carbocycles. The van der Waals surface area contributed by atoms with Crippen molar-refractivity contribution in [3.63, 3.8) is 0 Å². The number of aromatic nitrogens is 2. The third-order valence-corrected chi connectivity index (χ3v) is 4.07. The summed E-state index contributed by atoms with van der Waals surface area (Å²) in [6.07, 6.45) is 0. The van der Waals surface area contributed by atoms with E-state index in [0.717, 1.165) is 5.56 Å². The molecule has 0 amide bonds. The van der Waals surface area contributed by atoms with Crippen LogP contribution in [0.3, 0.4) is 0 Å². The first-order chi connectivity index (χ1) is 13.0. The molecule has 0 bridgehead atoms. The highest BCUT2D eigenvalue weighted by Gasteiger charge is 2.24. The molecule has 6 heteroatoms. The van der Waals surface area contributed by atoms with Gasteiger partial charge in [-0.2, -0.15) is 4.98 Å². The number of halogens is 1. The molecule has 0 aliphatic rings. The normalized spacial score (nSPS) is 10.8. The molecule has 3 rings (SSSR count). The van der Waals surface area contributed by atoms with Crippen LogP contribution in [-0.2, 0) is 11.3 Å². The average Bonchev–Trinajstić information content (AvgIpc) is 2.66. The van der Waals surface area contributed by atoms with Gasteiger partial charge >= 0.3 is 11.7 Å². The molecule has 0 unspecified atom stereocenters. The number of H-pyrrole nitrogens is 1. The first-order valence-electron chi connectivity index (χ1n) is 8.57. The fourth-order valence-corrected chi connectivity index (χ4v) is 2.74. The van der Waals surface area contributed by atoms with E-state index < -0.39 is 17.5 Å². The van der Waals surface area contributed by atoms with E-state index >= 15 is 0 Å². The topological polar surface area (TPSA) is 72.0 Å². The van der Waals surface area contributed by atoms with E-state index in [1.54, 1.807) is 0 Å². The maximum atomic E-state index is 13.3. The van der Waals surface area contributed by atoms with E-state index in [9.17, 15) is 14.0 Å². The van der Waals surface area contributed by atoms with Crippen LogP contribution in [-0.4, -0.2) is 15.9 Å². The molecular formula is C21H19FN2O3.